The van der Waals surface area contributed by atoms with Crippen molar-refractivity contribution in [2.75, 3.05) is 7.11 Å². The predicted octanol–water partition coefficient (Wildman–Crippen LogP) is 4.08. The summed E-state index contributed by atoms with van der Waals surface area (Å²) in [6, 6.07) is 16.2. The molecule has 0 unspecified atom stereocenters. The van der Waals surface area contributed by atoms with E-state index in [4.69, 9.17) is 4.74 Å². The quantitative estimate of drug-likeness (QED) is 0.513. The molecule has 3 aromatic carbocycles. The number of phenols is 1. The lowest BCUT2D eigenvalue weighted by molar-refractivity contribution is 0.0952. The van der Waals surface area contributed by atoms with Gasteiger partial charge in [0.1, 0.15) is 11.5 Å². The maximum Gasteiger partial charge on any atom is 0.275 e. The number of amides is 1. The summed E-state index contributed by atoms with van der Waals surface area (Å²) in [7, 11) is 1.56. The monoisotopic (exact) mass is 398 g/mol. The Morgan fingerprint density at radius 1 is 1.16 bits per heavy atom. The van der Waals surface area contributed by atoms with Gasteiger partial charge in [0, 0.05) is 10.0 Å². The summed E-state index contributed by atoms with van der Waals surface area (Å²) in [6.07, 6.45) is 1.49. The smallest absolute Gasteiger partial charge is 0.275 e. The molecule has 3 aromatic rings. The highest BCUT2D eigenvalue weighted by Crippen LogP contribution is 2.25. The van der Waals surface area contributed by atoms with Crippen LogP contribution in [0.4, 0.5) is 0 Å². The minimum Gasteiger partial charge on any atom is -0.507 e. The van der Waals surface area contributed by atoms with E-state index < -0.39 is 5.91 Å². The number of ether oxygens (including phenoxy) is 1. The van der Waals surface area contributed by atoms with Crippen molar-refractivity contribution in [2.24, 2.45) is 5.10 Å². The summed E-state index contributed by atoms with van der Waals surface area (Å²) in [6.45, 7) is 0. The van der Waals surface area contributed by atoms with E-state index in [1.165, 1.54) is 6.21 Å². The van der Waals surface area contributed by atoms with E-state index in [9.17, 15) is 9.90 Å². The molecule has 1 amide bonds. The average Bonchev–Trinajstić information content (AvgIpc) is 2.61. The molecular weight excluding hydrogens is 384 g/mol. The number of methoxy groups -OCH3 is 1. The van der Waals surface area contributed by atoms with Gasteiger partial charge in [-0.25, -0.2) is 5.43 Å². The van der Waals surface area contributed by atoms with Crippen LogP contribution in [0.25, 0.3) is 10.8 Å². The number of phenolic OH excluding ortho intramolecular Hbond substituents is 1. The van der Waals surface area contributed by atoms with E-state index in [2.05, 4.69) is 26.5 Å². The van der Waals surface area contributed by atoms with Crippen molar-refractivity contribution in [1.29, 1.82) is 0 Å². The molecule has 2 N–H and O–H groups in total. The number of hydrogen-bond donors (Lipinski definition) is 2. The highest BCUT2D eigenvalue weighted by Gasteiger charge is 2.11. The van der Waals surface area contributed by atoms with E-state index in [0.717, 1.165) is 15.2 Å². The Morgan fingerprint density at radius 2 is 1.88 bits per heavy atom. The molecule has 3 rings (SSSR count). The second-order valence-corrected chi connectivity index (χ2v) is 6.22. The molecule has 5 nitrogen and oxygen atoms in total. The van der Waals surface area contributed by atoms with Gasteiger partial charge in [-0.05, 0) is 41.1 Å². The van der Waals surface area contributed by atoms with Crippen molar-refractivity contribution in [2.45, 2.75) is 0 Å². The molecule has 0 bridgehead atoms. The summed E-state index contributed by atoms with van der Waals surface area (Å²) in [5.41, 5.74) is 3.30. The second kappa shape index (κ2) is 7.36. The van der Waals surface area contributed by atoms with Crippen LogP contribution in [0.3, 0.4) is 0 Å². The fraction of sp³-hybridized carbons (Fsp3) is 0.0526. The Kier molecular flexibility index (Phi) is 5.00. The van der Waals surface area contributed by atoms with Gasteiger partial charge in [0.25, 0.3) is 5.91 Å². The maximum absolute atomic E-state index is 12.3. The number of nitrogens with one attached hydrogen (secondary N) is 1. The Balaban J connectivity index is 1.81. The third-order valence-electron chi connectivity index (χ3n) is 3.67. The van der Waals surface area contributed by atoms with Gasteiger partial charge in [-0.3, -0.25) is 4.79 Å². The van der Waals surface area contributed by atoms with Crippen LogP contribution in [0.2, 0.25) is 0 Å². The molecule has 0 fully saturated rings. The van der Waals surface area contributed by atoms with Crippen molar-refractivity contribution in [3.63, 3.8) is 0 Å². The van der Waals surface area contributed by atoms with E-state index >= 15 is 0 Å². The normalized spacial score (nSPS) is 11.0. The molecule has 0 aliphatic carbocycles. The molecule has 0 saturated carbocycles. The summed E-state index contributed by atoms with van der Waals surface area (Å²) in [5, 5.41) is 15.8. The zero-order valence-corrected chi connectivity index (χ0v) is 14.9. The SMILES string of the molecule is COc1ccc(Br)cc1/C=N/NC(=O)c1cc2ccccc2cc1O. The van der Waals surface area contributed by atoms with E-state index in [1.807, 2.05) is 36.4 Å². The Hall–Kier alpha value is -2.86. The first-order valence-electron chi connectivity index (χ1n) is 7.47. The van der Waals surface area contributed by atoms with Crippen LogP contribution < -0.4 is 10.2 Å². The van der Waals surface area contributed by atoms with Crippen LogP contribution in [0.1, 0.15) is 15.9 Å². The third kappa shape index (κ3) is 3.80. The van der Waals surface area contributed by atoms with Gasteiger partial charge in [-0.2, -0.15) is 5.10 Å². The lowest BCUT2D eigenvalue weighted by atomic mass is 10.1. The average molecular weight is 399 g/mol. The van der Waals surface area contributed by atoms with Crippen molar-refractivity contribution >= 4 is 38.8 Å². The van der Waals surface area contributed by atoms with Crippen LogP contribution in [0.15, 0.2) is 64.2 Å². The number of aromatic hydroxyl groups is 1. The third-order valence-corrected chi connectivity index (χ3v) is 4.16. The Morgan fingerprint density at radius 3 is 2.60 bits per heavy atom. The van der Waals surface area contributed by atoms with Crippen molar-refractivity contribution in [3.8, 4) is 11.5 Å². The highest BCUT2D eigenvalue weighted by atomic mass is 79.9. The Bertz CT molecular complexity index is 970. The van der Waals surface area contributed by atoms with Gasteiger partial charge in [0.15, 0.2) is 0 Å². The largest absolute Gasteiger partial charge is 0.507 e. The number of carbonyl (C=O) groups is 1. The van der Waals surface area contributed by atoms with Gasteiger partial charge < -0.3 is 9.84 Å². The first-order valence-corrected chi connectivity index (χ1v) is 8.26. The van der Waals surface area contributed by atoms with Crippen molar-refractivity contribution < 1.29 is 14.6 Å². The maximum atomic E-state index is 12.3. The second-order valence-electron chi connectivity index (χ2n) is 5.30. The molecule has 0 atom stereocenters. The first kappa shape index (κ1) is 17.0. The fourth-order valence-corrected chi connectivity index (χ4v) is 2.82. The van der Waals surface area contributed by atoms with Gasteiger partial charge in [0.2, 0.25) is 0 Å². The van der Waals surface area contributed by atoms with E-state index in [0.29, 0.717) is 11.3 Å². The molecule has 0 aliphatic heterocycles. The number of hydrazone groups is 1. The zero-order valence-electron chi connectivity index (χ0n) is 13.4. The molecular formula is C19H15BrN2O3. The van der Waals surface area contributed by atoms with E-state index in [1.54, 1.807) is 25.3 Å². The molecule has 6 heteroatoms. The lowest BCUT2D eigenvalue weighted by Gasteiger charge is -2.06. The zero-order chi connectivity index (χ0) is 17.8. The van der Waals surface area contributed by atoms with Crippen molar-refractivity contribution in [3.05, 3.63) is 70.2 Å². The molecule has 126 valence electrons. The number of hydrogen-bond acceptors (Lipinski definition) is 4. The van der Waals surface area contributed by atoms with Gasteiger partial charge in [-0.1, -0.05) is 40.2 Å². The number of nitrogens with zero attached hydrogens (tertiary/aromatic N) is 1. The van der Waals surface area contributed by atoms with Crippen LogP contribution in [0.5, 0.6) is 11.5 Å². The van der Waals surface area contributed by atoms with Gasteiger partial charge in [-0.15, -0.1) is 0 Å². The minimum atomic E-state index is -0.492. The number of fused-ring (bicyclic) bond motifs is 1. The number of benzene rings is 3. The van der Waals surface area contributed by atoms with Gasteiger partial charge in [0.05, 0.1) is 18.9 Å². The number of carbonyl (C=O) groups excluding carboxylic acids is 1. The summed E-state index contributed by atoms with van der Waals surface area (Å²) in [4.78, 5) is 12.3. The highest BCUT2D eigenvalue weighted by molar-refractivity contribution is 9.10. The molecule has 25 heavy (non-hydrogen) atoms. The fourth-order valence-electron chi connectivity index (χ4n) is 2.44. The van der Waals surface area contributed by atoms with E-state index in [-0.39, 0.29) is 11.3 Å². The minimum absolute atomic E-state index is 0.0913. The summed E-state index contributed by atoms with van der Waals surface area (Å²) in [5.74, 6) is 0.0506. The number of halogens is 1. The topological polar surface area (TPSA) is 70.9 Å². The predicted molar refractivity (Wildman–Crippen MR) is 101 cm³/mol. The molecule has 0 spiro atoms. The van der Waals surface area contributed by atoms with Crippen molar-refractivity contribution in [1.82, 2.24) is 5.43 Å². The molecule has 0 aliphatic rings. The van der Waals surface area contributed by atoms with Crippen LogP contribution in [-0.2, 0) is 0 Å². The van der Waals surface area contributed by atoms with Crippen LogP contribution in [0, 0.1) is 0 Å². The molecule has 0 saturated heterocycles. The summed E-state index contributed by atoms with van der Waals surface area (Å²) >= 11 is 3.38. The summed E-state index contributed by atoms with van der Waals surface area (Å²) < 4.78 is 6.11. The Labute approximate surface area is 153 Å². The molecule has 0 aromatic heterocycles. The number of rotatable bonds is 4. The standard InChI is InChI=1S/C19H15BrN2O3/c1-25-18-7-6-15(20)8-14(18)11-21-22-19(24)16-9-12-4-2-3-5-13(12)10-17(16)23/h2-11,23H,1H3,(H,22,24)/b21-11+. The molecule has 0 heterocycles. The van der Waals surface area contributed by atoms with Crippen LogP contribution >= 0.6 is 15.9 Å². The lowest BCUT2D eigenvalue weighted by Crippen LogP contribution is -2.17. The van der Waals surface area contributed by atoms with Crippen LogP contribution in [-0.4, -0.2) is 24.3 Å². The molecule has 0 radical (unpaired) electrons. The van der Waals surface area contributed by atoms with Gasteiger partial charge >= 0.3 is 0 Å². The first-order chi connectivity index (χ1) is 12.1.